The van der Waals surface area contributed by atoms with Crippen LogP contribution in [-0.4, -0.2) is 5.76 Å². The van der Waals surface area contributed by atoms with E-state index in [2.05, 4.69) is 44.3 Å². The molecule has 1 unspecified atom stereocenters. The number of aryl methyl sites for hydroxylation is 2. The third-order valence-electron chi connectivity index (χ3n) is 3.36. The Balaban J connectivity index is 2.08. The van der Waals surface area contributed by atoms with Gasteiger partial charge in [0, 0.05) is 16.6 Å². The first-order valence-corrected chi connectivity index (χ1v) is 7.72. The molecule has 4 heteroatoms. The molecular weight excluding hydrogens is 288 g/mol. The highest BCUT2D eigenvalue weighted by atomic mass is 32.2. The number of halogens is 2. The number of benzene rings is 2. The minimum atomic E-state index is -2.38. The van der Waals surface area contributed by atoms with Crippen LogP contribution in [-0.2, 0) is 0 Å². The fourth-order valence-electron chi connectivity index (χ4n) is 2.29. The second-order valence-corrected chi connectivity index (χ2v) is 6.19. The van der Waals surface area contributed by atoms with Gasteiger partial charge in [0.15, 0.2) is 0 Å². The van der Waals surface area contributed by atoms with E-state index in [4.69, 9.17) is 0 Å². The maximum Gasteiger partial charge on any atom is 0.288 e. The van der Waals surface area contributed by atoms with Crippen molar-refractivity contribution in [1.82, 2.24) is 0 Å². The van der Waals surface area contributed by atoms with E-state index < -0.39 is 5.76 Å². The van der Waals surface area contributed by atoms with Gasteiger partial charge in [-0.3, -0.25) is 0 Å². The average molecular weight is 307 g/mol. The Bertz CT molecular complexity index is 596. The molecule has 0 saturated carbocycles. The molecule has 0 heterocycles. The molecule has 0 saturated heterocycles. The number of rotatable bonds is 5. The summed E-state index contributed by atoms with van der Waals surface area (Å²) < 4.78 is 24.6. The molecule has 21 heavy (non-hydrogen) atoms. The van der Waals surface area contributed by atoms with Gasteiger partial charge in [0.25, 0.3) is 5.76 Å². The Kier molecular flexibility index (Phi) is 5.23. The van der Waals surface area contributed by atoms with Crippen molar-refractivity contribution < 1.29 is 8.78 Å². The van der Waals surface area contributed by atoms with Crippen LogP contribution in [0.5, 0.6) is 0 Å². The van der Waals surface area contributed by atoms with Crippen LogP contribution >= 0.6 is 11.8 Å². The van der Waals surface area contributed by atoms with Crippen molar-refractivity contribution in [3.63, 3.8) is 0 Å². The molecule has 2 rings (SSSR count). The average Bonchev–Trinajstić information content (AvgIpc) is 2.43. The molecular formula is C17H19F2NS. The minimum absolute atomic E-state index is 0.165. The van der Waals surface area contributed by atoms with Gasteiger partial charge in [-0.2, -0.15) is 8.78 Å². The summed E-state index contributed by atoms with van der Waals surface area (Å²) in [4.78, 5) is 0.579. The van der Waals surface area contributed by atoms with Crippen LogP contribution in [0.15, 0.2) is 47.4 Å². The Labute approximate surface area is 128 Å². The highest BCUT2D eigenvalue weighted by molar-refractivity contribution is 7.99. The molecule has 0 aliphatic rings. The highest BCUT2D eigenvalue weighted by Crippen LogP contribution is 2.28. The number of hydrogen-bond acceptors (Lipinski definition) is 2. The predicted molar refractivity (Wildman–Crippen MR) is 86.3 cm³/mol. The van der Waals surface area contributed by atoms with Crippen molar-refractivity contribution >= 4 is 17.4 Å². The van der Waals surface area contributed by atoms with Gasteiger partial charge in [-0.05, 0) is 56.2 Å². The van der Waals surface area contributed by atoms with Crippen LogP contribution < -0.4 is 5.32 Å². The number of alkyl halides is 2. The van der Waals surface area contributed by atoms with E-state index >= 15 is 0 Å². The number of thioether (sulfide) groups is 1. The summed E-state index contributed by atoms with van der Waals surface area (Å²) in [6, 6.07) is 13.7. The molecule has 0 aliphatic carbocycles. The Morgan fingerprint density at radius 1 is 1.00 bits per heavy atom. The fourth-order valence-corrected chi connectivity index (χ4v) is 2.79. The molecule has 0 aliphatic heterocycles. The number of anilines is 1. The van der Waals surface area contributed by atoms with Gasteiger partial charge in [0.05, 0.1) is 0 Å². The van der Waals surface area contributed by atoms with Gasteiger partial charge in [0.1, 0.15) is 0 Å². The molecule has 0 aromatic heterocycles. The van der Waals surface area contributed by atoms with Gasteiger partial charge < -0.3 is 5.32 Å². The van der Waals surface area contributed by atoms with Crippen molar-refractivity contribution in [3.05, 3.63) is 59.2 Å². The van der Waals surface area contributed by atoms with E-state index in [-0.39, 0.29) is 6.04 Å². The minimum Gasteiger partial charge on any atom is -0.379 e. The quantitative estimate of drug-likeness (QED) is 0.701. The lowest BCUT2D eigenvalue weighted by Gasteiger charge is -2.18. The van der Waals surface area contributed by atoms with Crippen molar-refractivity contribution in [3.8, 4) is 0 Å². The second kappa shape index (κ2) is 6.94. The summed E-state index contributed by atoms with van der Waals surface area (Å²) in [5.41, 5.74) is 4.65. The van der Waals surface area contributed by atoms with Crippen LogP contribution in [0.1, 0.15) is 29.7 Å². The monoisotopic (exact) mass is 307 g/mol. The van der Waals surface area contributed by atoms with Gasteiger partial charge in [-0.25, -0.2) is 0 Å². The lowest BCUT2D eigenvalue weighted by atomic mass is 10.00. The van der Waals surface area contributed by atoms with Crippen molar-refractivity contribution in [2.45, 2.75) is 37.5 Å². The van der Waals surface area contributed by atoms with E-state index in [0.717, 1.165) is 5.69 Å². The molecule has 1 N–H and O–H groups in total. The first kappa shape index (κ1) is 15.8. The zero-order valence-corrected chi connectivity index (χ0v) is 13.2. The van der Waals surface area contributed by atoms with Crippen LogP contribution in [0, 0.1) is 13.8 Å². The molecule has 1 atom stereocenters. The van der Waals surface area contributed by atoms with Crippen molar-refractivity contribution in [2.75, 3.05) is 5.32 Å². The van der Waals surface area contributed by atoms with E-state index in [1.807, 2.05) is 12.1 Å². The summed E-state index contributed by atoms with van der Waals surface area (Å²) in [5, 5.41) is 3.41. The first-order chi connectivity index (χ1) is 9.95. The first-order valence-electron chi connectivity index (χ1n) is 6.84. The summed E-state index contributed by atoms with van der Waals surface area (Å²) in [6.07, 6.45) is 0. The zero-order valence-electron chi connectivity index (χ0n) is 12.4. The van der Waals surface area contributed by atoms with E-state index in [9.17, 15) is 8.78 Å². The normalized spacial score (nSPS) is 12.5. The van der Waals surface area contributed by atoms with Crippen LogP contribution in [0.2, 0.25) is 0 Å². The molecule has 112 valence electrons. The Morgan fingerprint density at radius 2 is 1.67 bits per heavy atom. The van der Waals surface area contributed by atoms with Crippen LogP contribution in [0.4, 0.5) is 14.5 Å². The molecule has 0 radical (unpaired) electrons. The molecule has 0 fully saturated rings. The summed E-state index contributed by atoms with van der Waals surface area (Å²) in [6.45, 7) is 6.27. The fraction of sp³-hybridized carbons (Fsp3) is 0.294. The van der Waals surface area contributed by atoms with Crippen LogP contribution in [0.3, 0.4) is 0 Å². The second-order valence-electron chi connectivity index (χ2n) is 5.13. The van der Waals surface area contributed by atoms with E-state index in [0.29, 0.717) is 16.7 Å². The third-order valence-corrected chi connectivity index (χ3v) is 4.09. The largest absolute Gasteiger partial charge is 0.379 e. The molecule has 2 aromatic carbocycles. The van der Waals surface area contributed by atoms with Crippen molar-refractivity contribution in [2.24, 2.45) is 0 Å². The van der Waals surface area contributed by atoms with Gasteiger partial charge >= 0.3 is 0 Å². The van der Waals surface area contributed by atoms with Gasteiger partial charge in [-0.1, -0.05) is 35.5 Å². The van der Waals surface area contributed by atoms with Gasteiger partial charge in [0.2, 0.25) is 0 Å². The maximum atomic E-state index is 12.3. The summed E-state index contributed by atoms with van der Waals surface area (Å²) in [7, 11) is 0. The number of hydrogen-bond donors (Lipinski definition) is 1. The molecule has 0 spiro atoms. The standard InChI is InChI=1S/C17H19F2NS/c1-11-4-5-12(2)16(10-11)13(3)20-14-6-8-15(9-7-14)21-17(18)19/h4-10,13,17,20H,1-3H3. The van der Waals surface area contributed by atoms with E-state index in [1.54, 1.807) is 12.1 Å². The smallest absolute Gasteiger partial charge is 0.288 e. The Hall–Kier alpha value is -1.55. The lowest BCUT2D eigenvalue weighted by molar-refractivity contribution is 0.252. The molecule has 1 nitrogen and oxygen atoms in total. The SMILES string of the molecule is Cc1ccc(C)c(C(C)Nc2ccc(SC(F)F)cc2)c1. The predicted octanol–water partition coefficient (Wildman–Crippen LogP) is 5.79. The molecule has 2 aromatic rings. The maximum absolute atomic E-state index is 12.3. The Morgan fingerprint density at radius 3 is 2.29 bits per heavy atom. The number of nitrogens with one attached hydrogen (secondary N) is 1. The molecule has 0 bridgehead atoms. The molecule has 0 amide bonds. The topological polar surface area (TPSA) is 12.0 Å². The van der Waals surface area contributed by atoms with Gasteiger partial charge in [-0.15, -0.1) is 0 Å². The highest BCUT2D eigenvalue weighted by Gasteiger charge is 2.09. The van der Waals surface area contributed by atoms with E-state index in [1.165, 1.54) is 16.7 Å². The zero-order chi connectivity index (χ0) is 15.4. The van der Waals surface area contributed by atoms with Crippen LogP contribution in [0.25, 0.3) is 0 Å². The van der Waals surface area contributed by atoms with Crippen molar-refractivity contribution in [1.29, 1.82) is 0 Å². The lowest BCUT2D eigenvalue weighted by Crippen LogP contribution is -2.08. The third kappa shape index (κ3) is 4.46. The summed E-state index contributed by atoms with van der Waals surface area (Å²) in [5.74, 6) is -2.38. The summed E-state index contributed by atoms with van der Waals surface area (Å²) >= 11 is 0.566.